The van der Waals surface area contributed by atoms with E-state index in [1.165, 1.54) is 10.4 Å². The van der Waals surface area contributed by atoms with E-state index in [2.05, 4.69) is 12.2 Å². The van der Waals surface area contributed by atoms with Crippen molar-refractivity contribution >= 4 is 17.2 Å². The first-order valence-corrected chi connectivity index (χ1v) is 6.41. The maximum absolute atomic E-state index is 11.8. The molecule has 0 aliphatic carbocycles. The molecule has 0 aliphatic rings. The summed E-state index contributed by atoms with van der Waals surface area (Å²) in [7, 11) is 0. The molecule has 0 aliphatic heterocycles. The summed E-state index contributed by atoms with van der Waals surface area (Å²) in [6, 6.07) is 1.95. The van der Waals surface area contributed by atoms with E-state index >= 15 is 0 Å². The van der Waals surface area contributed by atoms with Gasteiger partial charge >= 0.3 is 0 Å². The summed E-state index contributed by atoms with van der Waals surface area (Å²) in [5, 5.41) is 11.6. The first-order chi connectivity index (χ1) is 7.58. The lowest BCUT2D eigenvalue weighted by atomic mass is 10.2. The summed E-state index contributed by atoms with van der Waals surface area (Å²) in [5.74, 6) is -0.0336. The smallest absolute Gasteiger partial charge is 0.261 e. The quantitative estimate of drug-likeness (QED) is 0.829. The van der Waals surface area contributed by atoms with Gasteiger partial charge in [0.25, 0.3) is 5.91 Å². The van der Waals surface area contributed by atoms with E-state index in [-0.39, 0.29) is 18.6 Å². The molecule has 1 amide bonds. The van der Waals surface area contributed by atoms with Gasteiger partial charge in [0.15, 0.2) is 0 Å². The van der Waals surface area contributed by atoms with Crippen LogP contribution < -0.4 is 5.32 Å². The minimum atomic E-state index is -0.0336. The number of aliphatic hydroxyl groups excluding tert-OH is 1. The van der Waals surface area contributed by atoms with E-state index in [0.29, 0.717) is 6.42 Å². The molecule has 0 saturated heterocycles. The zero-order valence-corrected chi connectivity index (χ0v) is 10.9. The molecule has 1 unspecified atom stereocenters. The van der Waals surface area contributed by atoms with Gasteiger partial charge in [-0.3, -0.25) is 4.79 Å². The predicted octanol–water partition coefficient (Wildman–Crippen LogP) is 2.12. The third-order valence-electron chi connectivity index (χ3n) is 2.51. The number of hydrogen-bond donors (Lipinski definition) is 2. The van der Waals surface area contributed by atoms with E-state index in [4.69, 9.17) is 5.11 Å². The molecule has 1 heterocycles. The third-order valence-corrected chi connectivity index (χ3v) is 3.89. The van der Waals surface area contributed by atoms with Gasteiger partial charge in [-0.15, -0.1) is 11.3 Å². The van der Waals surface area contributed by atoms with E-state index in [9.17, 15) is 4.79 Å². The summed E-state index contributed by atoms with van der Waals surface area (Å²) in [5.41, 5.74) is 1.19. The normalized spacial score (nSPS) is 12.5. The summed E-state index contributed by atoms with van der Waals surface area (Å²) in [6.45, 7) is 6.12. The van der Waals surface area contributed by atoms with Gasteiger partial charge in [0, 0.05) is 17.5 Å². The molecular formula is C12H19NO2S. The van der Waals surface area contributed by atoms with Crippen LogP contribution >= 0.6 is 11.3 Å². The number of carbonyl (C=O) groups excluding carboxylic acids is 1. The van der Waals surface area contributed by atoms with E-state index in [1.807, 2.05) is 19.9 Å². The monoisotopic (exact) mass is 241 g/mol. The van der Waals surface area contributed by atoms with Crippen molar-refractivity contribution in [1.82, 2.24) is 5.32 Å². The number of carbonyl (C=O) groups is 1. The highest BCUT2D eigenvalue weighted by molar-refractivity contribution is 7.14. The summed E-state index contributed by atoms with van der Waals surface area (Å²) >= 11 is 1.55. The van der Waals surface area contributed by atoms with Crippen molar-refractivity contribution in [1.29, 1.82) is 0 Å². The van der Waals surface area contributed by atoms with Gasteiger partial charge < -0.3 is 10.4 Å². The van der Waals surface area contributed by atoms with E-state index in [0.717, 1.165) is 11.3 Å². The van der Waals surface area contributed by atoms with Crippen LogP contribution in [-0.2, 0) is 6.42 Å². The molecule has 0 bridgehead atoms. The van der Waals surface area contributed by atoms with Gasteiger partial charge in [0.05, 0.1) is 4.88 Å². The number of aryl methyl sites for hydroxylation is 2. The minimum Gasteiger partial charge on any atom is -0.396 e. The molecule has 0 radical (unpaired) electrons. The lowest BCUT2D eigenvalue weighted by Crippen LogP contribution is -2.32. The molecule has 3 nitrogen and oxygen atoms in total. The zero-order chi connectivity index (χ0) is 12.1. The topological polar surface area (TPSA) is 49.3 Å². The minimum absolute atomic E-state index is 0.0185. The summed E-state index contributed by atoms with van der Waals surface area (Å²) in [6.07, 6.45) is 1.56. The SMILES string of the molecule is CCc1sc(C(=O)NC(C)CCO)cc1C. The van der Waals surface area contributed by atoms with Gasteiger partial charge in [0.2, 0.25) is 0 Å². The summed E-state index contributed by atoms with van der Waals surface area (Å²) in [4.78, 5) is 13.9. The second kappa shape index (κ2) is 6.01. The predicted molar refractivity (Wildman–Crippen MR) is 67.1 cm³/mol. The molecule has 1 aromatic rings. The summed E-state index contributed by atoms with van der Waals surface area (Å²) < 4.78 is 0. The molecule has 0 fully saturated rings. The number of amides is 1. The molecule has 16 heavy (non-hydrogen) atoms. The Bertz CT molecular complexity index is 360. The van der Waals surface area contributed by atoms with Crippen molar-refractivity contribution in [2.45, 2.75) is 39.7 Å². The number of rotatable bonds is 5. The molecule has 1 atom stereocenters. The van der Waals surface area contributed by atoms with Crippen molar-refractivity contribution in [3.8, 4) is 0 Å². The molecule has 0 spiro atoms. The van der Waals surface area contributed by atoms with Crippen LogP contribution in [0.2, 0.25) is 0 Å². The van der Waals surface area contributed by atoms with Crippen LogP contribution in [0.4, 0.5) is 0 Å². The van der Waals surface area contributed by atoms with Gasteiger partial charge in [-0.25, -0.2) is 0 Å². The van der Waals surface area contributed by atoms with Crippen LogP contribution in [0.3, 0.4) is 0 Å². The Hall–Kier alpha value is -0.870. The average molecular weight is 241 g/mol. The highest BCUT2D eigenvalue weighted by Gasteiger charge is 2.13. The van der Waals surface area contributed by atoms with Gasteiger partial charge in [-0.05, 0) is 38.3 Å². The van der Waals surface area contributed by atoms with Crippen LogP contribution in [0.5, 0.6) is 0 Å². The lowest BCUT2D eigenvalue weighted by molar-refractivity contribution is 0.0938. The lowest BCUT2D eigenvalue weighted by Gasteiger charge is -2.10. The number of thiophene rings is 1. The Kier molecular flexibility index (Phi) is 4.96. The van der Waals surface area contributed by atoms with E-state index < -0.39 is 0 Å². The number of aliphatic hydroxyl groups is 1. The van der Waals surface area contributed by atoms with Gasteiger partial charge in [-0.2, -0.15) is 0 Å². The van der Waals surface area contributed by atoms with Gasteiger partial charge in [0.1, 0.15) is 0 Å². The molecule has 1 rings (SSSR count). The van der Waals surface area contributed by atoms with Crippen molar-refractivity contribution in [2.75, 3.05) is 6.61 Å². The molecule has 2 N–H and O–H groups in total. The van der Waals surface area contributed by atoms with E-state index in [1.54, 1.807) is 11.3 Å². The Morgan fingerprint density at radius 1 is 1.62 bits per heavy atom. The highest BCUT2D eigenvalue weighted by Crippen LogP contribution is 2.22. The zero-order valence-electron chi connectivity index (χ0n) is 10.0. The molecule has 0 saturated carbocycles. The standard InChI is InChI=1S/C12H19NO2S/c1-4-10-8(2)7-11(16-10)12(15)13-9(3)5-6-14/h7,9,14H,4-6H2,1-3H3,(H,13,15). The molecule has 1 aromatic heterocycles. The highest BCUT2D eigenvalue weighted by atomic mass is 32.1. The number of nitrogens with one attached hydrogen (secondary N) is 1. The Labute approximate surface area is 100 Å². The molecular weight excluding hydrogens is 222 g/mol. The first-order valence-electron chi connectivity index (χ1n) is 5.59. The van der Waals surface area contributed by atoms with Crippen LogP contribution in [-0.4, -0.2) is 23.7 Å². The maximum atomic E-state index is 11.8. The Morgan fingerprint density at radius 3 is 2.81 bits per heavy atom. The average Bonchev–Trinajstić information content (AvgIpc) is 2.60. The third kappa shape index (κ3) is 3.32. The number of hydrogen-bond acceptors (Lipinski definition) is 3. The molecule has 0 aromatic carbocycles. The van der Waals surface area contributed by atoms with Crippen LogP contribution in [0.25, 0.3) is 0 Å². The fraction of sp³-hybridized carbons (Fsp3) is 0.583. The van der Waals surface area contributed by atoms with Crippen LogP contribution in [0.15, 0.2) is 6.07 Å². The maximum Gasteiger partial charge on any atom is 0.261 e. The molecule has 4 heteroatoms. The fourth-order valence-electron chi connectivity index (χ4n) is 1.54. The van der Waals surface area contributed by atoms with Crippen LogP contribution in [0.1, 0.15) is 40.4 Å². The Morgan fingerprint density at radius 2 is 2.31 bits per heavy atom. The van der Waals surface area contributed by atoms with Crippen molar-refractivity contribution in [3.05, 3.63) is 21.4 Å². The Balaban J connectivity index is 2.65. The second-order valence-electron chi connectivity index (χ2n) is 3.96. The fourth-order valence-corrected chi connectivity index (χ4v) is 2.56. The second-order valence-corrected chi connectivity index (χ2v) is 5.09. The first kappa shape index (κ1) is 13.2. The van der Waals surface area contributed by atoms with Crippen molar-refractivity contribution in [3.63, 3.8) is 0 Å². The molecule has 90 valence electrons. The van der Waals surface area contributed by atoms with Crippen molar-refractivity contribution < 1.29 is 9.90 Å². The largest absolute Gasteiger partial charge is 0.396 e. The van der Waals surface area contributed by atoms with Gasteiger partial charge in [-0.1, -0.05) is 6.92 Å². The van der Waals surface area contributed by atoms with Crippen LogP contribution in [0, 0.1) is 6.92 Å². The van der Waals surface area contributed by atoms with Crippen molar-refractivity contribution in [2.24, 2.45) is 0 Å².